The molecule has 23 heavy (non-hydrogen) atoms. The highest BCUT2D eigenvalue weighted by Gasteiger charge is 2.16. The van der Waals surface area contributed by atoms with Crippen molar-refractivity contribution >= 4 is 5.97 Å². The third kappa shape index (κ3) is 2.91. The van der Waals surface area contributed by atoms with Gasteiger partial charge in [0, 0.05) is 5.56 Å². The quantitative estimate of drug-likeness (QED) is 0.802. The Labute approximate surface area is 131 Å². The molecule has 0 saturated carbocycles. The van der Waals surface area contributed by atoms with Gasteiger partial charge in [-0.3, -0.25) is 0 Å². The molecule has 1 heterocycles. The number of carboxylic acid groups (broad SMARTS) is 1. The van der Waals surface area contributed by atoms with Gasteiger partial charge >= 0.3 is 5.97 Å². The Morgan fingerprint density at radius 3 is 2.35 bits per heavy atom. The molecule has 0 spiro atoms. The summed E-state index contributed by atoms with van der Waals surface area (Å²) in [5.41, 5.74) is 1.86. The highest BCUT2D eigenvalue weighted by atomic mass is 19.1. The molecule has 6 heteroatoms. The highest BCUT2D eigenvalue weighted by Crippen LogP contribution is 2.26. The molecule has 5 nitrogen and oxygen atoms in total. The van der Waals surface area contributed by atoms with Crippen LogP contribution in [0.4, 0.5) is 4.39 Å². The number of hydrogen-bond donors (Lipinski definition) is 1. The summed E-state index contributed by atoms with van der Waals surface area (Å²) in [5, 5.41) is 13.3. The van der Waals surface area contributed by atoms with Gasteiger partial charge in [-0.2, -0.15) is 5.10 Å². The lowest BCUT2D eigenvalue weighted by atomic mass is 10.1. The maximum Gasteiger partial charge on any atom is 0.356 e. The van der Waals surface area contributed by atoms with Crippen LogP contribution in [0.2, 0.25) is 0 Å². The Bertz CT molecular complexity index is 839. The van der Waals surface area contributed by atoms with Crippen LogP contribution < -0.4 is 4.74 Å². The smallest absolute Gasteiger partial charge is 0.356 e. The molecule has 2 aromatic carbocycles. The van der Waals surface area contributed by atoms with E-state index in [0.717, 1.165) is 5.56 Å². The second-order valence-electron chi connectivity index (χ2n) is 4.84. The van der Waals surface area contributed by atoms with E-state index in [-0.39, 0.29) is 11.5 Å². The molecule has 0 amide bonds. The summed E-state index contributed by atoms with van der Waals surface area (Å²) in [7, 11) is 1.57. The van der Waals surface area contributed by atoms with E-state index in [4.69, 9.17) is 4.74 Å². The Morgan fingerprint density at radius 2 is 1.78 bits per heavy atom. The third-order valence-corrected chi connectivity index (χ3v) is 3.39. The highest BCUT2D eigenvalue weighted by molar-refractivity contribution is 5.87. The number of halogens is 1. The van der Waals surface area contributed by atoms with Gasteiger partial charge in [0.2, 0.25) is 0 Å². The summed E-state index contributed by atoms with van der Waals surface area (Å²) in [6.07, 6.45) is 0. The topological polar surface area (TPSA) is 64.3 Å². The fourth-order valence-electron chi connectivity index (χ4n) is 2.23. The molecule has 116 valence electrons. The average Bonchev–Trinajstić information content (AvgIpc) is 3.01. The molecule has 1 aromatic heterocycles. The van der Waals surface area contributed by atoms with E-state index in [9.17, 15) is 14.3 Å². The van der Waals surface area contributed by atoms with E-state index in [2.05, 4.69) is 5.10 Å². The summed E-state index contributed by atoms with van der Waals surface area (Å²) in [6, 6.07) is 14.3. The molecule has 3 rings (SSSR count). The van der Waals surface area contributed by atoms with Crippen molar-refractivity contribution in [3.05, 3.63) is 66.1 Å². The van der Waals surface area contributed by atoms with E-state index in [1.165, 1.54) is 22.9 Å². The number of rotatable bonds is 4. The SMILES string of the molecule is COc1ccc(-c2cc(C(=O)O)nn2-c2ccc(F)cc2)cc1. The number of aromatic carboxylic acids is 1. The van der Waals surface area contributed by atoms with Crippen molar-refractivity contribution in [1.82, 2.24) is 9.78 Å². The normalized spacial score (nSPS) is 10.5. The number of ether oxygens (including phenoxy) is 1. The van der Waals surface area contributed by atoms with Crippen LogP contribution >= 0.6 is 0 Å². The van der Waals surface area contributed by atoms with Crippen molar-refractivity contribution in [2.24, 2.45) is 0 Å². The van der Waals surface area contributed by atoms with Crippen molar-refractivity contribution in [2.45, 2.75) is 0 Å². The predicted molar refractivity (Wildman–Crippen MR) is 82.5 cm³/mol. The summed E-state index contributed by atoms with van der Waals surface area (Å²) < 4.78 is 19.7. The third-order valence-electron chi connectivity index (χ3n) is 3.39. The van der Waals surface area contributed by atoms with Crippen molar-refractivity contribution in [3.8, 4) is 22.7 Å². The number of carbonyl (C=O) groups is 1. The average molecular weight is 312 g/mol. The molecule has 0 unspecified atom stereocenters. The van der Waals surface area contributed by atoms with E-state index in [0.29, 0.717) is 17.1 Å². The van der Waals surface area contributed by atoms with Crippen LogP contribution in [0, 0.1) is 5.82 Å². The largest absolute Gasteiger partial charge is 0.497 e. The lowest BCUT2D eigenvalue weighted by molar-refractivity contribution is 0.0690. The first-order chi connectivity index (χ1) is 11.1. The van der Waals surface area contributed by atoms with Crippen LogP contribution in [-0.2, 0) is 0 Å². The molecule has 0 radical (unpaired) electrons. The standard InChI is InChI=1S/C17H13FN2O3/c1-23-14-8-2-11(3-9-14)16-10-15(17(21)22)19-20(16)13-6-4-12(18)5-7-13/h2-10H,1H3,(H,21,22). The van der Waals surface area contributed by atoms with E-state index in [1.807, 2.05) is 12.1 Å². The minimum atomic E-state index is -1.12. The molecule has 0 saturated heterocycles. The Balaban J connectivity index is 2.13. The van der Waals surface area contributed by atoms with Crippen LogP contribution in [0.3, 0.4) is 0 Å². The van der Waals surface area contributed by atoms with Gasteiger partial charge in [0.1, 0.15) is 11.6 Å². The second kappa shape index (κ2) is 5.92. The van der Waals surface area contributed by atoms with Crippen molar-refractivity contribution in [1.29, 1.82) is 0 Å². The van der Waals surface area contributed by atoms with Crippen LogP contribution in [0.1, 0.15) is 10.5 Å². The van der Waals surface area contributed by atoms with Gasteiger partial charge in [0.25, 0.3) is 0 Å². The first-order valence-corrected chi connectivity index (χ1v) is 6.82. The van der Waals surface area contributed by atoms with Gasteiger partial charge < -0.3 is 9.84 Å². The first-order valence-electron chi connectivity index (χ1n) is 6.82. The van der Waals surface area contributed by atoms with Gasteiger partial charge in [0.05, 0.1) is 18.5 Å². The molecule has 0 bridgehead atoms. The van der Waals surface area contributed by atoms with Crippen LogP contribution in [-0.4, -0.2) is 28.0 Å². The van der Waals surface area contributed by atoms with Crippen LogP contribution in [0.5, 0.6) is 5.75 Å². The monoisotopic (exact) mass is 312 g/mol. The van der Waals surface area contributed by atoms with Crippen LogP contribution in [0.25, 0.3) is 16.9 Å². The number of hydrogen-bond acceptors (Lipinski definition) is 3. The minimum absolute atomic E-state index is 0.0832. The number of benzene rings is 2. The molecule has 0 atom stereocenters. The van der Waals surface area contributed by atoms with E-state index in [1.54, 1.807) is 31.4 Å². The van der Waals surface area contributed by atoms with Gasteiger partial charge in [-0.1, -0.05) is 0 Å². The summed E-state index contributed by atoms with van der Waals surface area (Å²) in [4.78, 5) is 11.2. The minimum Gasteiger partial charge on any atom is -0.497 e. The predicted octanol–water partition coefficient (Wildman–Crippen LogP) is 3.39. The lowest BCUT2D eigenvalue weighted by Crippen LogP contribution is -2.02. The van der Waals surface area contributed by atoms with Crippen molar-refractivity contribution < 1.29 is 19.0 Å². The Hall–Kier alpha value is -3.15. The summed E-state index contributed by atoms with van der Waals surface area (Å²) in [5.74, 6) is -0.800. The van der Waals surface area contributed by atoms with Crippen LogP contribution in [0.15, 0.2) is 54.6 Å². The molecular formula is C17H13FN2O3. The van der Waals surface area contributed by atoms with Crippen molar-refractivity contribution in [3.63, 3.8) is 0 Å². The molecule has 3 aromatic rings. The summed E-state index contributed by atoms with van der Waals surface area (Å²) in [6.45, 7) is 0. The van der Waals surface area contributed by atoms with Gasteiger partial charge in [-0.15, -0.1) is 0 Å². The number of carboxylic acids is 1. The zero-order valence-electron chi connectivity index (χ0n) is 12.2. The van der Waals surface area contributed by atoms with Crippen molar-refractivity contribution in [2.75, 3.05) is 7.11 Å². The molecule has 0 aliphatic carbocycles. The maximum absolute atomic E-state index is 13.1. The zero-order chi connectivity index (χ0) is 16.4. The van der Waals surface area contributed by atoms with E-state index < -0.39 is 5.97 Å². The maximum atomic E-state index is 13.1. The number of nitrogens with zero attached hydrogens (tertiary/aromatic N) is 2. The molecule has 1 N–H and O–H groups in total. The molecular weight excluding hydrogens is 299 g/mol. The number of methoxy groups -OCH3 is 1. The molecule has 0 aliphatic heterocycles. The number of aromatic nitrogens is 2. The summed E-state index contributed by atoms with van der Waals surface area (Å²) >= 11 is 0. The van der Waals surface area contributed by atoms with Gasteiger partial charge in [0.15, 0.2) is 5.69 Å². The fraction of sp³-hybridized carbons (Fsp3) is 0.0588. The first kappa shape index (κ1) is 14.8. The van der Waals surface area contributed by atoms with Gasteiger partial charge in [-0.05, 0) is 54.6 Å². The fourth-order valence-corrected chi connectivity index (χ4v) is 2.23. The Kier molecular flexibility index (Phi) is 3.80. The second-order valence-corrected chi connectivity index (χ2v) is 4.84. The van der Waals surface area contributed by atoms with E-state index >= 15 is 0 Å². The lowest BCUT2D eigenvalue weighted by Gasteiger charge is -2.08. The molecule has 0 fully saturated rings. The Morgan fingerprint density at radius 1 is 1.13 bits per heavy atom. The van der Waals surface area contributed by atoms with Gasteiger partial charge in [-0.25, -0.2) is 13.9 Å². The molecule has 0 aliphatic rings. The zero-order valence-corrected chi connectivity index (χ0v) is 12.2.